The van der Waals surface area contributed by atoms with Crippen LogP contribution in [0.4, 0.5) is 5.13 Å². The number of aryl methyl sites for hydroxylation is 1. The minimum atomic E-state index is 0.321. The third kappa shape index (κ3) is 3.22. The quantitative estimate of drug-likeness (QED) is 0.903. The highest BCUT2D eigenvalue weighted by atomic mass is 32.1. The Morgan fingerprint density at radius 3 is 2.89 bits per heavy atom. The van der Waals surface area contributed by atoms with Crippen molar-refractivity contribution in [2.45, 2.75) is 26.3 Å². The summed E-state index contributed by atoms with van der Waals surface area (Å²) in [4.78, 5) is 10.5. The van der Waals surface area contributed by atoms with Crippen LogP contribution in [0.25, 0.3) is 0 Å². The zero-order valence-electron chi connectivity index (χ0n) is 11.5. The summed E-state index contributed by atoms with van der Waals surface area (Å²) < 4.78 is 0. The molecule has 1 saturated heterocycles. The highest BCUT2D eigenvalue weighted by Gasteiger charge is 2.21. The van der Waals surface area contributed by atoms with Crippen LogP contribution >= 0.6 is 11.3 Å². The van der Waals surface area contributed by atoms with Crippen LogP contribution in [0.1, 0.15) is 23.4 Å². The van der Waals surface area contributed by atoms with Gasteiger partial charge in [0.1, 0.15) is 0 Å². The van der Waals surface area contributed by atoms with E-state index in [0.29, 0.717) is 12.5 Å². The number of nitrogens with zero attached hydrogens (tertiary/aromatic N) is 3. The van der Waals surface area contributed by atoms with E-state index in [4.69, 9.17) is 0 Å². The van der Waals surface area contributed by atoms with Gasteiger partial charge in [-0.3, -0.25) is 4.90 Å². The highest BCUT2D eigenvalue weighted by molar-refractivity contribution is 7.15. The van der Waals surface area contributed by atoms with Crippen molar-refractivity contribution in [2.24, 2.45) is 5.92 Å². The van der Waals surface area contributed by atoms with Crippen molar-refractivity contribution in [3.63, 3.8) is 0 Å². The van der Waals surface area contributed by atoms with Gasteiger partial charge in [-0.1, -0.05) is 0 Å². The summed E-state index contributed by atoms with van der Waals surface area (Å²) in [7, 11) is 4.06. The van der Waals surface area contributed by atoms with Crippen LogP contribution in [0.2, 0.25) is 0 Å². The smallest absolute Gasteiger partial charge is 0.185 e. The fourth-order valence-electron chi connectivity index (χ4n) is 2.40. The van der Waals surface area contributed by atoms with Gasteiger partial charge in [-0.2, -0.15) is 0 Å². The van der Waals surface area contributed by atoms with Crippen molar-refractivity contribution in [1.82, 2.24) is 9.88 Å². The normalized spacial score (nSPS) is 21.2. The highest BCUT2D eigenvalue weighted by Crippen LogP contribution is 2.27. The van der Waals surface area contributed by atoms with Crippen LogP contribution in [0.15, 0.2) is 0 Å². The Morgan fingerprint density at radius 2 is 2.28 bits per heavy atom. The molecule has 0 radical (unpaired) electrons. The first-order valence-electron chi connectivity index (χ1n) is 6.57. The average Bonchev–Trinajstić information content (AvgIpc) is 2.71. The van der Waals surface area contributed by atoms with Crippen LogP contribution in [0.3, 0.4) is 0 Å². The van der Waals surface area contributed by atoms with E-state index in [1.54, 1.807) is 11.3 Å². The van der Waals surface area contributed by atoms with Gasteiger partial charge in [0.2, 0.25) is 0 Å². The molecule has 1 aliphatic rings. The van der Waals surface area contributed by atoms with E-state index in [1.165, 1.54) is 11.3 Å². The zero-order valence-corrected chi connectivity index (χ0v) is 12.3. The summed E-state index contributed by atoms with van der Waals surface area (Å²) in [6.07, 6.45) is 2.36. The zero-order chi connectivity index (χ0) is 13.1. The molecule has 0 saturated carbocycles. The molecule has 1 fully saturated rings. The molecule has 2 rings (SSSR count). The first kappa shape index (κ1) is 13.8. The molecule has 1 N–H and O–H groups in total. The number of hydrogen-bond donors (Lipinski definition) is 1. The summed E-state index contributed by atoms with van der Waals surface area (Å²) in [5, 5.41) is 10.3. The lowest BCUT2D eigenvalue weighted by atomic mass is 9.99. The van der Waals surface area contributed by atoms with Crippen LogP contribution in [-0.4, -0.2) is 48.8 Å². The summed E-state index contributed by atoms with van der Waals surface area (Å²) in [5.74, 6) is 0.459. The Morgan fingerprint density at radius 1 is 1.50 bits per heavy atom. The first-order chi connectivity index (χ1) is 8.60. The van der Waals surface area contributed by atoms with Gasteiger partial charge < -0.3 is 10.0 Å². The Balaban J connectivity index is 2.00. The average molecular weight is 269 g/mol. The number of anilines is 1. The molecular weight excluding hydrogens is 246 g/mol. The Hall–Kier alpha value is -0.650. The molecule has 0 amide bonds. The molecule has 1 unspecified atom stereocenters. The first-order valence-corrected chi connectivity index (χ1v) is 7.38. The number of aromatic nitrogens is 1. The molecule has 18 heavy (non-hydrogen) atoms. The molecule has 1 atom stereocenters. The lowest BCUT2D eigenvalue weighted by Crippen LogP contribution is -2.36. The van der Waals surface area contributed by atoms with E-state index in [2.05, 4.69) is 21.7 Å². The van der Waals surface area contributed by atoms with E-state index in [-0.39, 0.29) is 0 Å². The van der Waals surface area contributed by atoms with Gasteiger partial charge in [0, 0.05) is 38.7 Å². The van der Waals surface area contributed by atoms with E-state index in [0.717, 1.165) is 36.9 Å². The lowest BCUT2D eigenvalue weighted by molar-refractivity contribution is 0.116. The Bertz CT molecular complexity index is 392. The van der Waals surface area contributed by atoms with E-state index in [1.807, 2.05) is 14.1 Å². The van der Waals surface area contributed by atoms with Gasteiger partial charge in [-0.05, 0) is 32.2 Å². The standard InChI is InChI=1S/C13H23N3OS/c1-10-12(18-13(14-10)15(2)3)8-16-6-4-5-11(7-16)9-17/h11,17H,4-9H2,1-3H3. The van der Waals surface area contributed by atoms with Crippen molar-refractivity contribution in [3.8, 4) is 0 Å². The SMILES string of the molecule is Cc1nc(N(C)C)sc1CN1CCCC(CO)C1. The molecule has 0 aromatic carbocycles. The number of aliphatic hydroxyl groups is 1. The van der Waals surface area contributed by atoms with Crippen LogP contribution in [0.5, 0.6) is 0 Å². The maximum atomic E-state index is 9.26. The van der Waals surface area contributed by atoms with Crippen molar-refractivity contribution >= 4 is 16.5 Å². The van der Waals surface area contributed by atoms with Gasteiger partial charge in [0.25, 0.3) is 0 Å². The van der Waals surface area contributed by atoms with Gasteiger partial charge in [-0.15, -0.1) is 11.3 Å². The fraction of sp³-hybridized carbons (Fsp3) is 0.769. The second kappa shape index (κ2) is 5.99. The van der Waals surface area contributed by atoms with Gasteiger partial charge >= 0.3 is 0 Å². The van der Waals surface area contributed by atoms with E-state index in [9.17, 15) is 5.11 Å². The van der Waals surface area contributed by atoms with Gasteiger partial charge in [0.15, 0.2) is 5.13 Å². The monoisotopic (exact) mass is 269 g/mol. The third-order valence-corrected chi connectivity index (χ3v) is 4.80. The topological polar surface area (TPSA) is 39.6 Å². The van der Waals surface area contributed by atoms with Crippen LogP contribution in [-0.2, 0) is 6.54 Å². The van der Waals surface area contributed by atoms with Crippen molar-refractivity contribution < 1.29 is 5.11 Å². The second-order valence-electron chi connectivity index (χ2n) is 5.33. The summed E-state index contributed by atoms with van der Waals surface area (Å²) in [6.45, 7) is 5.55. The molecule has 1 aromatic heterocycles. The minimum Gasteiger partial charge on any atom is -0.396 e. The minimum absolute atomic E-state index is 0.321. The van der Waals surface area contributed by atoms with Crippen LogP contribution < -0.4 is 4.90 Å². The molecule has 5 heteroatoms. The number of piperidine rings is 1. The van der Waals surface area contributed by atoms with Gasteiger partial charge in [-0.25, -0.2) is 4.98 Å². The number of rotatable bonds is 4. The molecule has 0 spiro atoms. The molecule has 1 aromatic rings. The fourth-order valence-corrected chi connectivity index (χ4v) is 3.42. The van der Waals surface area contributed by atoms with Gasteiger partial charge in [0.05, 0.1) is 5.69 Å². The maximum Gasteiger partial charge on any atom is 0.185 e. The summed E-state index contributed by atoms with van der Waals surface area (Å²) in [6, 6.07) is 0. The molecule has 4 nitrogen and oxygen atoms in total. The molecule has 1 aliphatic heterocycles. The predicted octanol–water partition coefficient (Wildman–Crippen LogP) is 1.72. The summed E-state index contributed by atoms with van der Waals surface area (Å²) in [5.41, 5.74) is 1.15. The van der Waals surface area contributed by atoms with E-state index >= 15 is 0 Å². The largest absolute Gasteiger partial charge is 0.396 e. The maximum absolute atomic E-state index is 9.26. The summed E-state index contributed by atoms with van der Waals surface area (Å²) >= 11 is 1.78. The predicted molar refractivity (Wildman–Crippen MR) is 76.3 cm³/mol. The second-order valence-corrected chi connectivity index (χ2v) is 6.39. The van der Waals surface area contributed by atoms with E-state index < -0.39 is 0 Å². The molecule has 0 aliphatic carbocycles. The Labute approximate surface area is 113 Å². The molecule has 2 heterocycles. The molecular formula is C13H23N3OS. The third-order valence-electron chi connectivity index (χ3n) is 3.49. The Kier molecular flexibility index (Phi) is 4.59. The van der Waals surface area contributed by atoms with Crippen LogP contribution in [0, 0.1) is 12.8 Å². The van der Waals surface area contributed by atoms with Crippen molar-refractivity contribution in [1.29, 1.82) is 0 Å². The van der Waals surface area contributed by atoms with Crippen molar-refractivity contribution in [2.75, 3.05) is 38.7 Å². The number of aliphatic hydroxyl groups excluding tert-OH is 1. The number of hydrogen-bond acceptors (Lipinski definition) is 5. The number of thiazole rings is 1. The lowest BCUT2D eigenvalue weighted by Gasteiger charge is -2.31. The molecule has 0 bridgehead atoms. The van der Waals surface area contributed by atoms with Crippen molar-refractivity contribution in [3.05, 3.63) is 10.6 Å². The number of likely N-dealkylation sites (tertiary alicyclic amines) is 1. The molecule has 102 valence electrons.